The third-order valence-electron chi connectivity index (χ3n) is 12.9. The van der Waals surface area contributed by atoms with E-state index in [1.807, 2.05) is 0 Å². The molecule has 5 aliphatic rings. The van der Waals surface area contributed by atoms with E-state index in [0.29, 0.717) is 15.6 Å². The van der Waals surface area contributed by atoms with Gasteiger partial charge in [-0.3, -0.25) is 29.5 Å². The van der Waals surface area contributed by atoms with Gasteiger partial charge in [-0.05, 0) is 46.9 Å². The van der Waals surface area contributed by atoms with Crippen LogP contribution in [-0.4, -0.2) is 237 Å². The molecule has 0 spiro atoms. The summed E-state index contributed by atoms with van der Waals surface area (Å²) in [6, 6.07) is -0.941. The fraction of sp³-hybridized carbons (Fsp3) is 0.650. The van der Waals surface area contributed by atoms with Crippen molar-refractivity contribution in [3.8, 4) is 11.3 Å². The first-order chi connectivity index (χ1) is 34.7. The number of aromatic nitrogens is 1. The molecule has 430 valence electrons. The Morgan fingerprint density at radius 3 is 1.97 bits per heavy atom. The van der Waals surface area contributed by atoms with Gasteiger partial charge in [0, 0.05) is 10.3 Å². The number of hydrogen-bond acceptors (Lipinski definition) is 24. The van der Waals surface area contributed by atoms with Gasteiger partial charge in [0.25, 0.3) is 5.91 Å². The molecule has 37 heteroatoms. The number of fused-ring (bicyclic) bond motifs is 1. The summed E-state index contributed by atoms with van der Waals surface area (Å²) in [6.07, 6.45) is -16.9. The number of aliphatic hydroxyl groups is 8. The number of likely N-dealkylation sites (N-methyl/N-ethyl adjacent to an activating group) is 1. The van der Waals surface area contributed by atoms with E-state index in [2.05, 4.69) is 26.4 Å². The molecule has 4 aliphatic heterocycles. The van der Waals surface area contributed by atoms with Crippen LogP contribution in [0.15, 0.2) is 22.7 Å². The molecule has 4 saturated heterocycles. The Hall–Kier alpha value is -3.38. The van der Waals surface area contributed by atoms with Gasteiger partial charge in [-0.2, -0.15) is 8.42 Å². The van der Waals surface area contributed by atoms with Crippen molar-refractivity contribution in [2.45, 2.75) is 141 Å². The molecule has 22 N–H and O–H groups in total. The van der Waals surface area contributed by atoms with Crippen LogP contribution in [0, 0.1) is 17.7 Å². The normalized spacial score (nSPS) is 34.9. The number of aliphatic hydroxyl groups excluding tert-OH is 7. The van der Waals surface area contributed by atoms with E-state index in [9.17, 15) is 60.3 Å². The second-order valence-corrected chi connectivity index (χ2v) is 21.6. The van der Waals surface area contributed by atoms with Crippen molar-refractivity contribution < 1.29 is 136 Å². The molecule has 0 radical (unpaired) electrons. The van der Waals surface area contributed by atoms with Crippen molar-refractivity contribution in [2.75, 3.05) is 20.3 Å². The minimum atomic E-state index is -4.67. The predicted octanol–water partition coefficient (Wildman–Crippen LogP) is -10.6. The second-order valence-electron chi connectivity index (χ2n) is 18.2. The number of aliphatic carboxylic acids is 1. The zero-order chi connectivity index (χ0) is 56.6. The number of carboxylic acid groups (broad SMARTS) is 1. The maximum atomic E-state index is 13.1. The first-order valence-corrected chi connectivity index (χ1v) is 25.3. The number of rotatable bonds is 13. The van der Waals surface area contributed by atoms with Gasteiger partial charge in [0.15, 0.2) is 24.5 Å². The molecule has 1 saturated carbocycles. The van der Waals surface area contributed by atoms with E-state index in [1.165, 1.54) is 30.6 Å². The molecule has 1 aromatic heterocycles. The van der Waals surface area contributed by atoms with Crippen molar-refractivity contribution in [3.63, 3.8) is 0 Å². The third-order valence-corrected chi connectivity index (χ3v) is 15.1. The number of nitrogens with two attached hydrogens (primary N) is 2. The van der Waals surface area contributed by atoms with Gasteiger partial charge in [-0.1, -0.05) is 34.4 Å². The zero-order valence-electron chi connectivity index (χ0n) is 41.5. The Morgan fingerprint density at radius 1 is 0.922 bits per heavy atom. The van der Waals surface area contributed by atoms with E-state index in [1.54, 1.807) is 39.0 Å². The van der Waals surface area contributed by atoms with Crippen LogP contribution >= 0.6 is 35.0 Å². The van der Waals surface area contributed by atoms with Crippen LogP contribution in [0.4, 0.5) is 0 Å². The quantitative estimate of drug-likeness (QED) is 0.0291. The number of halogens is 2. The number of hydrogen-bond donors (Lipinski definition) is 18. The van der Waals surface area contributed by atoms with Crippen molar-refractivity contribution in [1.29, 1.82) is 10.8 Å². The minimum Gasteiger partial charge on any atom is -0.548 e. The van der Waals surface area contributed by atoms with Crippen LogP contribution in [0.25, 0.3) is 11.3 Å². The topological polar surface area (TPSA) is 556 Å². The van der Waals surface area contributed by atoms with Crippen molar-refractivity contribution in [2.24, 2.45) is 11.5 Å². The molecule has 77 heavy (non-hydrogen) atoms. The maximum absolute atomic E-state index is 13.1. The Kier molecular flexibility index (Phi) is 23.7. The summed E-state index contributed by atoms with van der Waals surface area (Å²) in [5.41, 5.74) is 9.25. The van der Waals surface area contributed by atoms with Crippen LogP contribution in [0.1, 0.15) is 36.9 Å². The number of nitrogens with zero attached hydrogens (tertiary/aromatic N) is 2. The molecule has 2 aromatic rings. The fourth-order valence-electron chi connectivity index (χ4n) is 9.14. The SMILES string of the molecule is CN[C@@H]1[C@H](O[C@H]2[C@H](O[C@H]3[C@H](O)[C@@H](O)[C@H](NC(=N)N)[C@@H](O)[C@@H]3NC(=N)N)O[C@@H](C)[C@]2(O)CO)O[C@@H](CO)[C@H](O)[C@H]1O.Cc1onc(-c2c(Cl)cccc2Cl)c1C(=O)N[C@@H]1C(=O)N2[C@@H]1SC(C)(C)[C@@H]2C(=O)[O-].O.O=S(=O)(O)O.[Na+]. The summed E-state index contributed by atoms with van der Waals surface area (Å²) in [6.45, 7) is 4.80. The van der Waals surface area contributed by atoms with Crippen molar-refractivity contribution in [3.05, 3.63) is 39.6 Å². The van der Waals surface area contributed by atoms with E-state index < -0.39 is 167 Å². The average molecular weight is 1190 g/mol. The third kappa shape index (κ3) is 14.6. The monoisotopic (exact) mass is 1190 g/mol. The number of guanidine groups is 2. The van der Waals surface area contributed by atoms with Crippen LogP contribution < -0.4 is 67.4 Å². The number of aryl methyl sites for hydroxylation is 1. The summed E-state index contributed by atoms with van der Waals surface area (Å²) in [5, 5.41) is 125. The van der Waals surface area contributed by atoms with E-state index in [4.69, 9.17) is 86.5 Å². The summed E-state index contributed by atoms with van der Waals surface area (Å²) in [5.74, 6) is -3.42. The molecule has 1 aromatic carbocycles. The number of nitrogens with one attached hydrogen (secondary N) is 6. The van der Waals surface area contributed by atoms with Gasteiger partial charge in [0.1, 0.15) is 76.8 Å². The zero-order valence-corrected chi connectivity index (χ0v) is 46.7. The van der Waals surface area contributed by atoms with Crippen molar-refractivity contribution >= 4 is 75.1 Å². The first-order valence-electron chi connectivity index (χ1n) is 22.2. The standard InChI is InChI=1S/C21H41N7O12.C19H17Cl2N3O5S.Na.H2O4S.H2O/c1-5-21(36,4-30)16(40-17-9(26-2)13(34)10(31)6(3-29)38-17)18(37-5)39-15-8(28-20(24)25)11(32)7(27-19(22)23)12(33)14(15)35;1-7-10(12(23-29-7)11-8(20)5-4-6-9(11)21)15(25)22-13-16(26)24-14(18(27)28)19(2,3)30-17(13)24;;1-5(2,3)4;/h5-18,26,29-36H,3-4H2,1-2H3,(H4,22,23,27)(H4,24,25,28);4-6,13-14,17H,1-3H3,(H,22,25)(H,27,28);;(H2,1,2,3,4);1H2/q;;+1;;/p-1/t5-,6-,7+,8-,9-,10-,11+,12-,13-,14+,15+,16-,17-,18-,21+;13-,14+,17-;;;/m01.../s1. The van der Waals surface area contributed by atoms with E-state index in [-0.39, 0.29) is 52.1 Å². The number of carbonyl (C=O) groups is 3. The first kappa shape index (κ1) is 67.9. The van der Waals surface area contributed by atoms with Gasteiger partial charge in [0.2, 0.25) is 5.91 Å². The number of thioether (sulfide) groups is 1. The summed E-state index contributed by atoms with van der Waals surface area (Å²) in [4.78, 5) is 38.5. The molecule has 18 atom stereocenters. The molecule has 1 aliphatic carbocycles. The summed E-state index contributed by atoms with van der Waals surface area (Å²) < 4.78 is 59.2. The van der Waals surface area contributed by atoms with Crippen LogP contribution in [0.5, 0.6) is 0 Å². The number of carboxylic acids is 1. The van der Waals surface area contributed by atoms with Gasteiger partial charge >= 0.3 is 40.0 Å². The van der Waals surface area contributed by atoms with Gasteiger partial charge < -0.3 is 117 Å². The van der Waals surface area contributed by atoms with Crippen LogP contribution in [0.3, 0.4) is 0 Å². The Bertz CT molecular complexity index is 2520. The van der Waals surface area contributed by atoms with Gasteiger partial charge in [-0.15, -0.1) is 11.8 Å². The molecule has 7 rings (SSSR count). The molecule has 5 heterocycles. The molecular formula is C40H61Cl2N10NaO22S2. The molecule has 5 fully saturated rings. The molecule has 32 nitrogen and oxygen atoms in total. The number of amides is 2. The van der Waals surface area contributed by atoms with E-state index in [0.717, 1.165) is 0 Å². The smallest absolute Gasteiger partial charge is 0.548 e. The summed E-state index contributed by atoms with van der Waals surface area (Å²) >= 11 is 13.8. The molecular weight excluding hydrogens is 1130 g/mol. The molecule has 0 unspecified atom stereocenters. The minimum absolute atomic E-state index is 0. The average Bonchev–Trinajstić information content (AvgIpc) is 3.90. The second kappa shape index (κ2) is 26.9. The number of ether oxygens (including phenoxy) is 4. The van der Waals surface area contributed by atoms with Crippen LogP contribution in [0.2, 0.25) is 10.0 Å². The Balaban J connectivity index is 0.000000374. The molecule has 2 amide bonds. The largest absolute Gasteiger partial charge is 1.00 e. The number of carbonyl (C=O) groups excluding carboxylic acids is 3. The Labute approximate surface area is 474 Å². The van der Waals surface area contributed by atoms with Gasteiger partial charge in [-0.25, -0.2) is 0 Å². The summed E-state index contributed by atoms with van der Waals surface area (Å²) in [7, 11) is -3.23. The van der Waals surface area contributed by atoms with E-state index >= 15 is 0 Å². The Morgan fingerprint density at radius 2 is 1.47 bits per heavy atom. The van der Waals surface area contributed by atoms with Crippen LogP contribution in [-0.2, 0) is 38.9 Å². The number of β-lactam (4-membered cyclic amide) rings is 1. The fourth-order valence-corrected chi connectivity index (χ4v) is 11.3. The predicted molar refractivity (Wildman–Crippen MR) is 259 cm³/mol. The van der Waals surface area contributed by atoms with Crippen molar-refractivity contribution in [1.82, 2.24) is 31.3 Å². The molecule has 0 bridgehead atoms. The number of benzene rings is 1. The van der Waals surface area contributed by atoms with Gasteiger partial charge in [0.05, 0.1) is 65.6 Å². The maximum Gasteiger partial charge on any atom is 1.00 e.